The highest BCUT2D eigenvalue weighted by atomic mass is 15.1. The Morgan fingerprint density at radius 2 is 1.68 bits per heavy atom. The standard InChI is InChI=1S/C32H39N3.C2H6/c1-6-26(27(7-2)21-32(34)29-11-9-10-12-29)20-28(8-3)31-14-13-30(19-23(31)4)24(5)35-17-15-25(22-33)16-18-35;1-2/h6-8,13-14,19-21,25,29,34H,2-3,5,9-12,15-18H2,1,4H3;1-2H3/b26-6+,27-21+,28-20+,34-32?;. The van der Waals surface area contributed by atoms with Crippen molar-refractivity contribution in [3.8, 4) is 6.07 Å². The van der Waals surface area contributed by atoms with Crippen molar-refractivity contribution in [3.63, 3.8) is 0 Å². The maximum Gasteiger partial charge on any atom is 0.0657 e. The van der Waals surface area contributed by atoms with Crippen LogP contribution in [0.5, 0.6) is 0 Å². The lowest BCUT2D eigenvalue weighted by molar-refractivity contribution is 0.289. The van der Waals surface area contributed by atoms with Gasteiger partial charge in [-0.25, -0.2) is 0 Å². The van der Waals surface area contributed by atoms with Crippen molar-refractivity contribution in [1.82, 2.24) is 4.90 Å². The first-order valence-electron chi connectivity index (χ1n) is 13.8. The smallest absolute Gasteiger partial charge is 0.0657 e. The number of piperidine rings is 1. The summed E-state index contributed by atoms with van der Waals surface area (Å²) in [5.74, 6) is 0.542. The third-order valence-corrected chi connectivity index (χ3v) is 7.43. The Bertz CT molecular complexity index is 1110. The molecule has 1 heterocycles. The summed E-state index contributed by atoms with van der Waals surface area (Å²) in [5.41, 5.74) is 8.22. The zero-order valence-corrected chi connectivity index (χ0v) is 23.4. The summed E-state index contributed by atoms with van der Waals surface area (Å²) in [6.07, 6.45) is 16.5. The van der Waals surface area contributed by atoms with Gasteiger partial charge in [0.1, 0.15) is 0 Å². The van der Waals surface area contributed by atoms with Crippen LogP contribution < -0.4 is 0 Å². The van der Waals surface area contributed by atoms with Crippen LogP contribution in [0.15, 0.2) is 79.5 Å². The van der Waals surface area contributed by atoms with Gasteiger partial charge in [-0.15, -0.1) is 0 Å². The highest BCUT2D eigenvalue weighted by molar-refractivity contribution is 5.96. The van der Waals surface area contributed by atoms with Crippen LogP contribution in [0.4, 0.5) is 0 Å². The van der Waals surface area contributed by atoms with Crippen LogP contribution in [0.1, 0.15) is 76.0 Å². The van der Waals surface area contributed by atoms with Gasteiger partial charge >= 0.3 is 0 Å². The molecule has 0 atom stereocenters. The van der Waals surface area contributed by atoms with E-state index in [1.54, 1.807) is 0 Å². The lowest BCUT2D eigenvalue weighted by Crippen LogP contribution is -2.31. The molecular weight excluding hydrogens is 450 g/mol. The summed E-state index contributed by atoms with van der Waals surface area (Å²) in [4.78, 5) is 2.30. The Morgan fingerprint density at radius 1 is 1.03 bits per heavy atom. The normalized spacial score (nSPS) is 17.5. The van der Waals surface area contributed by atoms with E-state index >= 15 is 0 Å². The quantitative estimate of drug-likeness (QED) is 0.274. The Kier molecular flexibility index (Phi) is 12.1. The summed E-state index contributed by atoms with van der Waals surface area (Å²) in [6.45, 7) is 22.4. The van der Waals surface area contributed by atoms with Crippen LogP contribution in [0.2, 0.25) is 0 Å². The molecule has 2 aliphatic rings. The number of nitrogens with one attached hydrogen (secondary N) is 1. The minimum atomic E-state index is 0.167. The Labute approximate surface area is 225 Å². The van der Waals surface area contributed by atoms with Crippen LogP contribution in [0.25, 0.3) is 11.3 Å². The number of hydrogen-bond acceptors (Lipinski definition) is 3. The maximum atomic E-state index is 9.17. The van der Waals surface area contributed by atoms with Gasteiger partial charge in [0.05, 0.1) is 6.07 Å². The molecule has 0 bridgehead atoms. The molecule has 0 unspecified atom stereocenters. The second kappa shape index (κ2) is 15.0. The van der Waals surface area contributed by atoms with Gasteiger partial charge < -0.3 is 10.3 Å². The predicted molar refractivity (Wildman–Crippen MR) is 161 cm³/mol. The molecule has 196 valence electrons. The number of rotatable bonds is 9. The molecule has 0 radical (unpaired) electrons. The van der Waals surface area contributed by atoms with Gasteiger partial charge in [0, 0.05) is 36.3 Å². The molecular formula is C34H45N3. The van der Waals surface area contributed by atoms with Crippen LogP contribution in [0.3, 0.4) is 0 Å². The fraction of sp³-hybridized carbons (Fsp3) is 0.412. The fourth-order valence-corrected chi connectivity index (χ4v) is 5.16. The zero-order chi connectivity index (χ0) is 27.4. The molecule has 1 saturated heterocycles. The van der Waals surface area contributed by atoms with E-state index in [1.807, 2.05) is 39.0 Å². The molecule has 1 aromatic rings. The van der Waals surface area contributed by atoms with Crippen molar-refractivity contribution in [2.75, 3.05) is 13.1 Å². The topological polar surface area (TPSA) is 50.9 Å². The highest BCUT2D eigenvalue weighted by Crippen LogP contribution is 2.31. The minimum absolute atomic E-state index is 0.167. The van der Waals surface area contributed by atoms with E-state index in [2.05, 4.69) is 68.0 Å². The maximum absolute atomic E-state index is 9.17. The van der Waals surface area contributed by atoms with E-state index in [1.165, 1.54) is 18.4 Å². The van der Waals surface area contributed by atoms with Gasteiger partial charge in [0.15, 0.2) is 0 Å². The van der Waals surface area contributed by atoms with Gasteiger partial charge in [0.2, 0.25) is 0 Å². The van der Waals surface area contributed by atoms with Crippen molar-refractivity contribution < 1.29 is 0 Å². The van der Waals surface area contributed by atoms with Crippen LogP contribution in [0, 0.1) is 35.5 Å². The SMILES string of the molecule is C=CC(=C\C(=N)C1CCCC1)/C(=C/C)/C=C(\C=C)c1ccc(C(=C)N2CCC(C#N)CC2)cc1C.CC. The third kappa shape index (κ3) is 7.80. The number of likely N-dealkylation sites (tertiary alicyclic amines) is 1. The molecule has 1 N–H and O–H groups in total. The molecule has 3 nitrogen and oxygen atoms in total. The van der Waals surface area contributed by atoms with E-state index in [9.17, 15) is 5.26 Å². The molecule has 37 heavy (non-hydrogen) atoms. The van der Waals surface area contributed by atoms with Crippen LogP contribution in [-0.2, 0) is 0 Å². The van der Waals surface area contributed by atoms with Gasteiger partial charge in [0.25, 0.3) is 0 Å². The van der Waals surface area contributed by atoms with Crippen LogP contribution >= 0.6 is 0 Å². The molecule has 1 aliphatic carbocycles. The number of nitrogens with zero attached hydrogens (tertiary/aromatic N) is 2. The van der Waals surface area contributed by atoms with E-state index in [0.717, 1.165) is 72.3 Å². The number of allylic oxidation sites excluding steroid dienone is 8. The lowest BCUT2D eigenvalue weighted by Gasteiger charge is -2.32. The Balaban J connectivity index is 0.00000235. The highest BCUT2D eigenvalue weighted by Gasteiger charge is 2.21. The number of nitriles is 1. The fourth-order valence-electron chi connectivity index (χ4n) is 5.16. The minimum Gasteiger partial charge on any atom is -0.371 e. The number of aryl methyl sites for hydroxylation is 1. The first-order chi connectivity index (χ1) is 17.9. The second-order valence-corrected chi connectivity index (χ2v) is 9.66. The van der Waals surface area contributed by atoms with E-state index in [0.29, 0.717) is 11.6 Å². The summed E-state index contributed by atoms with van der Waals surface area (Å²) >= 11 is 0. The molecule has 0 spiro atoms. The summed E-state index contributed by atoms with van der Waals surface area (Å²) in [5, 5.41) is 17.7. The first-order valence-corrected chi connectivity index (χ1v) is 13.8. The van der Waals surface area contributed by atoms with Crippen molar-refractivity contribution in [2.45, 2.75) is 66.2 Å². The van der Waals surface area contributed by atoms with Crippen molar-refractivity contribution in [2.24, 2.45) is 11.8 Å². The second-order valence-electron chi connectivity index (χ2n) is 9.66. The molecule has 1 saturated carbocycles. The molecule has 1 aromatic carbocycles. The zero-order valence-electron chi connectivity index (χ0n) is 23.4. The predicted octanol–water partition coefficient (Wildman–Crippen LogP) is 9.07. The summed E-state index contributed by atoms with van der Waals surface area (Å²) < 4.78 is 0. The molecule has 3 rings (SSSR count). The van der Waals surface area contributed by atoms with Gasteiger partial charge in [-0.1, -0.05) is 76.8 Å². The average molecular weight is 496 g/mol. The summed E-state index contributed by atoms with van der Waals surface area (Å²) in [7, 11) is 0. The van der Waals surface area contributed by atoms with Crippen molar-refractivity contribution in [1.29, 1.82) is 10.7 Å². The monoisotopic (exact) mass is 495 g/mol. The lowest BCUT2D eigenvalue weighted by atomic mass is 9.92. The molecule has 0 amide bonds. The molecule has 3 heteroatoms. The number of hydrogen-bond donors (Lipinski definition) is 1. The summed E-state index contributed by atoms with van der Waals surface area (Å²) in [6, 6.07) is 8.87. The van der Waals surface area contributed by atoms with E-state index in [-0.39, 0.29) is 5.92 Å². The van der Waals surface area contributed by atoms with Gasteiger partial charge in [-0.2, -0.15) is 5.26 Å². The molecule has 0 aromatic heterocycles. The Hall–Kier alpha value is -3.38. The molecule has 2 fully saturated rings. The van der Waals surface area contributed by atoms with E-state index < -0.39 is 0 Å². The third-order valence-electron chi connectivity index (χ3n) is 7.43. The average Bonchev–Trinajstić information content (AvgIpc) is 3.49. The Morgan fingerprint density at radius 3 is 2.19 bits per heavy atom. The number of benzene rings is 1. The van der Waals surface area contributed by atoms with E-state index in [4.69, 9.17) is 5.41 Å². The van der Waals surface area contributed by atoms with Gasteiger partial charge in [-0.3, -0.25) is 0 Å². The first kappa shape index (κ1) is 29.8. The van der Waals surface area contributed by atoms with Crippen LogP contribution in [-0.4, -0.2) is 23.7 Å². The largest absolute Gasteiger partial charge is 0.371 e. The van der Waals surface area contributed by atoms with Crippen molar-refractivity contribution >= 4 is 17.0 Å². The van der Waals surface area contributed by atoms with Crippen molar-refractivity contribution in [3.05, 3.63) is 96.2 Å². The molecule has 1 aliphatic heterocycles. The van der Waals surface area contributed by atoms with Gasteiger partial charge in [-0.05, 0) is 91.2 Å².